The number of nitrogens with zero attached hydrogens (tertiary/aromatic N) is 3. The van der Waals surface area contributed by atoms with Gasteiger partial charge in [0, 0.05) is 34.4 Å². The molecule has 1 aromatic carbocycles. The third kappa shape index (κ3) is 2.30. The number of hydrogen-bond acceptors (Lipinski definition) is 4. The van der Waals surface area contributed by atoms with Crippen LogP contribution in [0.1, 0.15) is 41.6 Å². The molecule has 2 saturated carbocycles. The Hall–Kier alpha value is -2.28. The number of nitrogens with one attached hydrogen (secondary N) is 1. The first-order valence-electron chi connectivity index (χ1n) is 8.75. The Morgan fingerprint density at radius 2 is 1.88 bits per heavy atom. The summed E-state index contributed by atoms with van der Waals surface area (Å²) in [6.07, 6.45) is 6.64. The molecule has 1 aliphatic heterocycles. The molecule has 2 heterocycles. The zero-order valence-electron chi connectivity index (χ0n) is 14.0. The first kappa shape index (κ1) is 15.9. The van der Waals surface area contributed by atoms with Crippen LogP contribution in [0.3, 0.4) is 0 Å². The van der Waals surface area contributed by atoms with Crippen LogP contribution in [-0.4, -0.2) is 38.8 Å². The zero-order chi connectivity index (χ0) is 17.9. The lowest BCUT2D eigenvalue weighted by molar-refractivity contribution is -0.122. The van der Waals surface area contributed by atoms with Crippen molar-refractivity contribution in [3.05, 3.63) is 52.3 Å². The third-order valence-corrected chi connectivity index (χ3v) is 6.29. The Morgan fingerprint density at radius 3 is 2.54 bits per heavy atom. The molecule has 2 amide bonds. The maximum Gasteiger partial charge on any atom is 0.255 e. The quantitative estimate of drug-likeness (QED) is 0.840. The lowest BCUT2D eigenvalue weighted by Crippen LogP contribution is -2.55. The smallest absolute Gasteiger partial charge is 0.255 e. The minimum Gasteiger partial charge on any atom is -0.323 e. The SMILES string of the molecule is O=C1c2ccc(Br)cc2C2(CC2)CN1C1(C(=O)Nc2ncccn2)CC1. The number of halogens is 1. The molecular weight excluding hydrogens is 396 g/mol. The largest absolute Gasteiger partial charge is 0.323 e. The van der Waals surface area contributed by atoms with Gasteiger partial charge in [-0.05, 0) is 55.5 Å². The van der Waals surface area contributed by atoms with Gasteiger partial charge in [-0.1, -0.05) is 15.9 Å². The van der Waals surface area contributed by atoms with Gasteiger partial charge in [-0.3, -0.25) is 14.9 Å². The van der Waals surface area contributed by atoms with E-state index in [1.54, 1.807) is 23.4 Å². The predicted molar refractivity (Wildman–Crippen MR) is 98.7 cm³/mol. The van der Waals surface area contributed by atoms with E-state index in [0.29, 0.717) is 19.4 Å². The van der Waals surface area contributed by atoms with Crippen LogP contribution in [0.5, 0.6) is 0 Å². The van der Waals surface area contributed by atoms with Crippen molar-refractivity contribution in [2.24, 2.45) is 0 Å². The molecule has 1 N–H and O–H groups in total. The summed E-state index contributed by atoms with van der Waals surface area (Å²) in [5.41, 5.74) is 1.09. The molecular formula is C19H17BrN4O2. The number of carbonyl (C=O) groups is 2. The van der Waals surface area contributed by atoms with E-state index in [2.05, 4.69) is 37.3 Å². The molecule has 6 nitrogen and oxygen atoms in total. The van der Waals surface area contributed by atoms with Crippen molar-refractivity contribution in [1.29, 1.82) is 0 Å². The minimum atomic E-state index is -0.767. The highest BCUT2D eigenvalue weighted by Gasteiger charge is 2.62. The molecule has 2 fully saturated rings. The fourth-order valence-electron chi connectivity index (χ4n) is 3.99. The maximum atomic E-state index is 13.2. The summed E-state index contributed by atoms with van der Waals surface area (Å²) >= 11 is 3.51. The second-order valence-corrected chi connectivity index (χ2v) is 8.34. The summed E-state index contributed by atoms with van der Waals surface area (Å²) in [4.78, 5) is 36.1. The number of hydrogen-bond donors (Lipinski definition) is 1. The van der Waals surface area contributed by atoms with Crippen molar-refractivity contribution < 1.29 is 9.59 Å². The number of aromatic nitrogens is 2. The van der Waals surface area contributed by atoms with Gasteiger partial charge < -0.3 is 4.90 Å². The van der Waals surface area contributed by atoms with E-state index < -0.39 is 5.54 Å². The van der Waals surface area contributed by atoms with E-state index in [1.807, 2.05) is 12.1 Å². The summed E-state index contributed by atoms with van der Waals surface area (Å²) in [7, 11) is 0. The second kappa shape index (κ2) is 5.36. The van der Waals surface area contributed by atoms with Crippen molar-refractivity contribution >= 4 is 33.7 Å². The van der Waals surface area contributed by atoms with Gasteiger partial charge in [0.25, 0.3) is 11.8 Å². The van der Waals surface area contributed by atoms with E-state index in [0.717, 1.165) is 28.4 Å². The Balaban J connectivity index is 1.48. The molecule has 0 bridgehead atoms. The molecule has 0 unspecified atom stereocenters. The van der Waals surface area contributed by atoms with Crippen LogP contribution in [-0.2, 0) is 10.2 Å². The molecule has 26 heavy (non-hydrogen) atoms. The van der Waals surface area contributed by atoms with Crippen LogP contribution in [0.4, 0.5) is 5.95 Å². The van der Waals surface area contributed by atoms with Gasteiger partial charge >= 0.3 is 0 Å². The molecule has 5 rings (SSSR count). The molecule has 132 valence electrons. The number of fused-ring (bicyclic) bond motifs is 2. The molecule has 0 saturated heterocycles. The normalized spacial score (nSPS) is 21.3. The first-order chi connectivity index (χ1) is 12.5. The highest BCUT2D eigenvalue weighted by molar-refractivity contribution is 9.10. The number of anilines is 1. The van der Waals surface area contributed by atoms with Crippen molar-refractivity contribution in [1.82, 2.24) is 14.9 Å². The Morgan fingerprint density at radius 1 is 1.15 bits per heavy atom. The maximum absolute atomic E-state index is 13.2. The van der Waals surface area contributed by atoms with Gasteiger partial charge in [-0.15, -0.1) is 0 Å². The van der Waals surface area contributed by atoms with Crippen molar-refractivity contribution in [3.63, 3.8) is 0 Å². The van der Waals surface area contributed by atoms with E-state index in [1.165, 1.54) is 0 Å². The summed E-state index contributed by atoms with van der Waals surface area (Å²) in [5.74, 6) is 0.0405. The van der Waals surface area contributed by atoms with Crippen molar-refractivity contribution in [2.75, 3.05) is 11.9 Å². The topological polar surface area (TPSA) is 75.2 Å². The van der Waals surface area contributed by atoms with E-state index in [-0.39, 0.29) is 23.2 Å². The average Bonchev–Trinajstić information content (AvgIpc) is 3.55. The third-order valence-electron chi connectivity index (χ3n) is 5.80. The fraction of sp³-hybridized carbons (Fsp3) is 0.368. The Labute approximate surface area is 159 Å². The summed E-state index contributed by atoms with van der Waals surface area (Å²) in [6, 6.07) is 7.54. The van der Waals surface area contributed by atoms with E-state index >= 15 is 0 Å². The standard InChI is InChI=1S/C19H17BrN4O2/c20-12-2-3-13-14(10-12)18(4-5-18)11-24(15(13)25)19(6-7-19)16(26)23-17-21-8-1-9-22-17/h1-3,8-10H,4-7,11H2,(H,21,22,23,26). The van der Waals surface area contributed by atoms with Gasteiger partial charge in [-0.25, -0.2) is 9.97 Å². The highest BCUT2D eigenvalue weighted by atomic mass is 79.9. The van der Waals surface area contributed by atoms with E-state index in [4.69, 9.17) is 0 Å². The minimum absolute atomic E-state index is 0.00609. The van der Waals surface area contributed by atoms with Gasteiger partial charge in [0.2, 0.25) is 5.95 Å². The van der Waals surface area contributed by atoms with E-state index in [9.17, 15) is 9.59 Å². The molecule has 0 radical (unpaired) electrons. The first-order valence-corrected chi connectivity index (χ1v) is 9.54. The van der Waals surface area contributed by atoms with Crippen LogP contribution < -0.4 is 5.32 Å². The van der Waals surface area contributed by atoms with Crippen LogP contribution in [0.2, 0.25) is 0 Å². The van der Waals surface area contributed by atoms with Crippen LogP contribution in [0.25, 0.3) is 0 Å². The van der Waals surface area contributed by atoms with Gasteiger partial charge in [0.05, 0.1) is 0 Å². The number of rotatable bonds is 3. The predicted octanol–water partition coefficient (Wildman–Crippen LogP) is 2.90. The summed E-state index contributed by atoms with van der Waals surface area (Å²) < 4.78 is 0.990. The number of amides is 2. The summed E-state index contributed by atoms with van der Waals surface area (Å²) in [6.45, 7) is 0.609. The van der Waals surface area contributed by atoms with Gasteiger partial charge in [0.1, 0.15) is 5.54 Å². The second-order valence-electron chi connectivity index (χ2n) is 7.42. The van der Waals surface area contributed by atoms with Crippen LogP contribution in [0, 0.1) is 0 Å². The van der Waals surface area contributed by atoms with Crippen molar-refractivity contribution in [2.45, 2.75) is 36.6 Å². The lowest BCUT2D eigenvalue weighted by Gasteiger charge is -2.39. The van der Waals surface area contributed by atoms with Crippen LogP contribution >= 0.6 is 15.9 Å². The van der Waals surface area contributed by atoms with Crippen molar-refractivity contribution in [3.8, 4) is 0 Å². The molecule has 3 aliphatic rings. The highest BCUT2D eigenvalue weighted by Crippen LogP contribution is 2.56. The average molecular weight is 413 g/mol. The zero-order valence-corrected chi connectivity index (χ0v) is 15.6. The Kier molecular flexibility index (Phi) is 3.28. The fourth-order valence-corrected chi connectivity index (χ4v) is 4.35. The van der Waals surface area contributed by atoms with Gasteiger partial charge in [0.15, 0.2) is 0 Å². The van der Waals surface area contributed by atoms with Gasteiger partial charge in [-0.2, -0.15) is 0 Å². The molecule has 1 spiro atoms. The Bertz CT molecular complexity index is 922. The molecule has 2 aromatic rings. The molecule has 0 atom stereocenters. The lowest BCUT2D eigenvalue weighted by atomic mass is 9.85. The molecule has 1 aromatic heterocycles. The number of carbonyl (C=O) groups excluding carboxylic acids is 2. The monoisotopic (exact) mass is 412 g/mol. The molecule has 7 heteroatoms. The number of benzene rings is 1. The summed E-state index contributed by atoms with van der Waals surface area (Å²) in [5, 5.41) is 2.78. The van der Waals surface area contributed by atoms with Crippen LogP contribution in [0.15, 0.2) is 41.1 Å². The molecule has 2 aliphatic carbocycles.